The molecule has 0 fully saturated rings. The van der Waals surface area contributed by atoms with Crippen molar-refractivity contribution in [2.24, 2.45) is 0 Å². The van der Waals surface area contributed by atoms with Gasteiger partial charge in [0.2, 0.25) is 0 Å². The first-order chi connectivity index (χ1) is 12.2. The minimum Gasteiger partial charge on any atom is -0.497 e. The van der Waals surface area contributed by atoms with Crippen LogP contribution in [0.2, 0.25) is 0 Å². The van der Waals surface area contributed by atoms with Crippen LogP contribution in [-0.2, 0) is 11.3 Å². The second-order valence-electron chi connectivity index (χ2n) is 5.88. The number of ether oxygens (including phenoxy) is 3. The summed E-state index contributed by atoms with van der Waals surface area (Å²) in [5.41, 5.74) is 1.97. The fourth-order valence-electron chi connectivity index (χ4n) is 2.70. The minimum atomic E-state index is -0.550. The van der Waals surface area contributed by atoms with Gasteiger partial charge < -0.3 is 19.3 Å². The van der Waals surface area contributed by atoms with Crippen molar-refractivity contribution in [3.05, 3.63) is 59.7 Å². The summed E-state index contributed by atoms with van der Waals surface area (Å²) < 4.78 is 15.9. The lowest BCUT2D eigenvalue weighted by Crippen LogP contribution is -2.31. The maximum absolute atomic E-state index is 10.5. The summed E-state index contributed by atoms with van der Waals surface area (Å²) in [4.78, 5) is 2.16. The monoisotopic (exact) mass is 345 g/mol. The van der Waals surface area contributed by atoms with E-state index < -0.39 is 6.10 Å². The van der Waals surface area contributed by atoms with Gasteiger partial charge in [-0.05, 0) is 23.3 Å². The van der Waals surface area contributed by atoms with Gasteiger partial charge in [0.25, 0.3) is 0 Å². The molecule has 5 heteroatoms. The zero-order chi connectivity index (χ0) is 18.1. The van der Waals surface area contributed by atoms with Gasteiger partial charge in [0, 0.05) is 32.8 Å². The molecule has 0 aliphatic heterocycles. The lowest BCUT2D eigenvalue weighted by atomic mass is 10.1. The van der Waals surface area contributed by atoms with Gasteiger partial charge in [-0.3, -0.25) is 4.90 Å². The van der Waals surface area contributed by atoms with Crippen LogP contribution in [0, 0.1) is 0 Å². The largest absolute Gasteiger partial charge is 0.497 e. The molecule has 0 heterocycles. The third-order valence-corrected chi connectivity index (χ3v) is 4.04. The molecule has 0 aliphatic carbocycles. The van der Waals surface area contributed by atoms with E-state index in [1.807, 2.05) is 48.5 Å². The first-order valence-electron chi connectivity index (χ1n) is 8.32. The first-order valence-corrected chi connectivity index (χ1v) is 8.32. The highest BCUT2D eigenvalue weighted by molar-refractivity contribution is 5.38. The van der Waals surface area contributed by atoms with Crippen LogP contribution in [-0.4, -0.2) is 51.0 Å². The second-order valence-corrected chi connectivity index (χ2v) is 5.88. The molecule has 0 unspecified atom stereocenters. The summed E-state index contributed by atoms with van der Waals surface area (Å²) >= 11 is 0. The van der Waals surface area contributed by atoms with E-state index >= 15 is 0 Å². The van der Waals surface area contributed by atoms with Crippen LogP contribution in [0.25, 0.3) is 0 Å². The molecule has 0 bridgehead atoms. The Morgan fingerprint density at radius 2 is 1.60 bits per heavy atom. The van der Waals surface area contributed by atoms with E-state index in [4.69, 9.17) is 14.2 Å². The Morgan fingerprint density at radius 3 is 2.16 bits per heavy atom. The Labute approximate surface area is 149 Å². The van der Waals surface area contributed by atoms with E-state index in [-0.39, 0.29) is 0 Å². The number of benzene rings is 2. The van der Waals surface area contributed by atoms with Gasteiger partial charge in [-0.25, -0.2) is 0 Å². The normalized spacial score (nSPS) is 12.2. The third kappa shape index (κ3) is 6.05. The van der Waals surface area contributed by atoms with E-state index in [1.165, 1.54) is 0 Å². The van der Waals surface area contributed by atoms with Crippen LogP contribution in [0.5, 0.6) is 11.5 Å². The van der Waals surface area contributed by atoms with Crippen LogP contribution < -0.4 is 9.47 Å². The number of methoxy groups -OCH3 is 3. The molecule has 0 aromatic heterocycles. The molecular weight excluding hydrogens is 318 g/mol. The van der Waals surface area contributed by atoms with Crippen LogP contribution >= 0.6 is 0 Å². The highest BCUT2D eigenvalue weighted by atomic mass is 16.5. The zero-order valence-electron chi connectivity index (χ0n) is 15.1. The van der Waals surface area contributed by atoms with E-state index in [2.05, 4.69) is 4.90 Å². The SMILES string of the molecule is COCCN(Cc1cc(OC)cc(OC)c1)C[C@H](O)c1ccccc1. The first kappa shape index (κ1) is 19.2. The molecule has 2 rings (SSSR count). The van der Waals surface area contributed by atoms with Crippen molar-refractivity contribution >= 4 is 0 Å². The molecule has 0 radical (unpaired) electrons. The topological polar surface area (TPSA) is 51.2 Å². The average Bonchev–Trinajstić information content (AvgIpc) is 2.66. The number of rotatable bonds is 10. The molecule has 1 atom stereocenters. The lowest BCUT2D eigenvalue weighted by Gasteiger charge is -2.25. The van der Waals surface area contributed by atoms with Crippen molar-refractivity contribution in [3.8, 4) is 11.5 Å². The molecular formula is C20H27NO4. The van der Waals surface area contributed by atoms with Gasteiger partial charge in [0.05, 0.1) is 26.9 Å². The van der Waals surface area contributed by atoms with Crippen molar-refractivity contribution in [2.75, 3.05) is 41.0 Å². The fraction of sp³-hybridized carbons (Fsp3) is 0.400. The summed E-state index contributed by atoms with van der Waals surface area (Å²) in [5, 5.41) is 10.5. The molecule has 1 N–H and O–H groups in total. The summed E-state index contributed by atoms with van der Waals surface area (Å²) in [6.07, 6.45) is -0.550. The van der Waals surface area contributed by atoms with Crippen molar-refractivity contribution in [1.82, 2.24) is 4.90 Å². The summed E-state index contributed by atoms with van der Waals surface area (Å²) in [7, 11) is 4.96. The molecule has 0 amide bonds. The van der Waals surface area contributed by atoms with E-state index in [1.54, 1.807) is 21.3 Å². The average molecular weight is 345 g/mol. The number of aliphatic hydroxyl groups excluding tert-OH is 1. The quantitative estimate of drug-likeness (QED) is 0.718. The predicted octanol–water partition coefficient (Wildman–Crippen LogP) is 2.89. The van der Waals surface area contributed by atoms with Crippen molar-refractivity contribution in [3.63, 3.8) is 0 Å². The highest BCUT2D eigenvalue weighted by Gasteiger charge is 2.15. The van der Waals surface area contributed by atoms with Gasteiger partial charge in [-0.2, -0.15) is 0 Å². The second kappa shape index (κ2) is 10.0. The van der Waals surface area contributed by atoms with Crippen molar-refractivity contribution in [1.29, 1.82) is 0 Å². The Hall–Kier alpha value is -2.08. The minimum absolute atomic E-state index is 0.521. The molecule has 5 nitrogen and oxygen atoms in total. The Kier molecular flexibility index (Phi) is 7.73. The fourth-order valence-corrected chi connectivity index (χ4v) is 2.70. The summed E-state index contributed by atoms with van der Waals surface area (Å²) in [5.74, 6) is 1.51. The summed E-state index contributed by atoms with van der Waals surface area (Å²) in [6.45, 7) is 2.51. The number of hydrogen-bond acceptors (Lipinski definition) is 5. The third-order valence-electron chi connectivity index (χ3n) is 4.04. The van der Waals surface area contributed by atoms with Crippen molar-refractivity contribution in [2.45, 2.75) is 12.6 Å². The Balaban J connectivity index is 2.11. The van der Waals surface area contributed by atoms with Gasteiger partial charge in [-0.15, -0.1) is 0 Å². The van der Waals surface area contributed by atoms with Crippen molar-refractivity contribution < 1.29 is 19.3 Å². The van der Waals surface area contributed by atoms with E-state index in [0.717, 1.165) is 29.2 Å². The summed E-state index contributed by atoms with van der Waals surface area (Å²) in [6, 6.07) is 15.5. The molecule has 2 aromatic rings. The lowest BCUT2D eigenvalue weighted by molar-refractivity contribution is 0.0849. The van der Waals surface area contributed by atoms with Crippen LogP contribution in [0.4, 0.5) is 0 Å². The maximum Gasteiger partial charge on any atom is 0.122 e. The number of aliphatic hydroxyl groups is 1. The molecule has 25 heavy (non-hydrogen) atoms. The highest BCUT2D eigenvalue weighted by Crippen LogP contribution is 2.24. The van der Waals surface area contributed by atoms with Gasteiger partial charge in [0.15, 0.2) is 0 Å². The number of nitrogens with zero attached hydrogens (tertiary/aromatic N) is 1. The molecule has 136 valence electrons. The molecule has 2 aromatic carbocycles. The molecule has 0 spiro atoms. The van der Waals surface area contributed by atoms with Crippen LogP contribution in [0.15, 0.2) is 48.5 Å². The standard InChI is InChI=1S/C20H27NO4/c1-23-10-9-21(15-20(22)17-7-5-4-6-8-17)14-16-11-18(24-2)13-19(12-16)25-3/h4-8,11-13,20,22H,9-10,14-15H2,1-3H3/t20-/m0/s1. The van der Waals surface area contributed by atoms with Crippen LogP contribution in [0.1, 0.15) is 17.2 Å². The van der Waals surface area contributed by atoms with Gasteiger partial charge in [0.1, 0.15) is 11.5 Å². The van der Waals surface area contributed by atoms with Gasteiger partial charge >= 0.3 is 0 Å². The molecule has 0 saturated carbocycles. The van der Waals surface area contributed by atoms with Crippen LogP contribution in [0.3, 0.4) is 0 Å². The molecule has 0 aliphatic rings. The molecule has 0 saturated heterocycles. The Bertz CT molecular complexity index is 611. The van der Waals surface area contributed by atoms with E-state index in [0.29, 0.717) is 19.7 Å². The number of hydrogen-bond donors (Lipinski definition) is 1. The van der Waals surface area contributed by atoms with E-state index in [9.17, 15) is 5.11 Å². The predicted molar refractivity (Wildman–Crippen MR) is 98.1 cm³/mol. The zero-order valence-corrected chi connectivity index (χ0v) is 15.1. The maximum atomic E-state index is 10.5. The smallest absolute Gasteiger partial charge is 0.122 e. The Morgan fingerprint density at radius 1 is 0.960 bits per heavy atom. The van der Waals surface area contributed by atoms with Gasteiger partial charge in [-0.1, -0.05) is 30.3 Å².